The lowest BCUT2D eigenvalue weighted by Crippen LogP contribution is -2.12. The van der Waals surface area contributed by atoms with Gasteiger partial charge in [0.05, 0.1) is 11.1 Å². The van der Waals surface area contributed by atoms with Gasteiger partial charge in [0.1, 0.15) is 0 Å². The van der Waals surface area contributed by atoms with Gasteiger partial charge in [-0.2, -0.15) is 13.2 Å². The fourth-order valence-electron chi connectivity index (χ4n) is 2.41. The molecule has 0 spiro atoms. The van der Waals surface area contributed by atoms with Gasteiger partial charge >= 0.3 is 6.18 Å². The van der Waals surface area contributed by atoms with Gasteiger partial charge in [0.15, 0.2) is 6.29 Å². The van der Waals surface area contributed by atoms with Gasteiger partial charge in [-0.1, -0.05) is 18.2 Å². The summed E-state index contributed by atoms with van der Waals surface area (Å²) in [4.78, 5) is 23.6. The van der Waals surface area contributed by atoms with E-state index in [1.807, 2.05) is 0 Å². The molecular weight excluding hydrogens is 307 g/mol. The minimum absolute atomic E-state index is 0.108. The van der Waals surface area contributed by atoms with E-state index in [1.54, 1.807) is 24.3 Å². The molecule has 116 valence electrons. The molecule has 0 fully saturated rings. The van der Waals surface area contributed by atoms with E-state index in [9.17, 15) is 22.8 Å². The number of carbonyl (C=O) groups is 2. The third-order valence-electron chi connectivity index (χ3n) is 3.55. The lowest BCUT2D eigenvalue weighted by Gasteiger charge is -2.08. The zero-order chi connectivity index (χ0) is 16.6. The lowest BCUT2D eigenvalue weighted by molar-refractivity contribution is -0.137. The van der Waals surface area contributed by atoms with E-state index in [1.165, 1.54) is 10.8 Å². The number of alkyl halides is 3. The fourth-order valence-corrected chi connectivity index (χ4v) is 2.41. The van der Waals surface area contributed by atoms with Crippen LogP contribution in [0.25, 0.3) is 10.9 Å². The molecule has 1 aromatic heterocycles. The first-order chi connectivity index (χ1) is 10.9. The summed E-state index contributed by atoms with van der Waals surface area (Å²) in [6, 6.07) is 10.8. The maximum absolute atomic E-state index is 12.6. The van der Waals surface area contributed by atoms with Crippen LogP contribution in [0.15, 0.2) is 54.7 Å². The summed E-state index contributed by atoms with van der Waals surface area (Å²) in [5, 5.41) is 0.614. The number of aldehydes is 1. The Morgan fingerprint density at radius 3 is 2.26 bits per heavy atom. The standard InChI is InChI=1S/C17H10F3NO2/c18-17(19,20)13-7-5-11(6-8-13)16(23)21-9-12(10-22)14-3-1-2-4-15(14)21/h1-10H. The first-order valence-electron chi connectivity index (χ1n) is 6.69. The van der Waals surface area contributed by atoms with Gasteiger partial charge in [0.2, 0.25) is 0 Å². The fraction of sp³-hybridized carbons (Fsp3) is 0.0588. The summed E-state index contributed by atoms with van der Waals surface area (Å²) in [5.41, 5.74) is 0.163. The quantitative estimate of drug-likeness (QED) is 0.666. The topological polar surface area (TPSA) is 39.1 Å². The van der Waals surface area contributed by atoms with Gasteiger partial charge in [0.25, 0.3) is 5.91 Å². The Morgan fingerprint density at radius 1 is 1.00 bits per heavy atom. The minimum Gasteiger partial charge on any atom is -0.298 e. The van der Waals surface area contributed by atoms with E-state index in [2.05, 4.69) is 0 Å². The summed E-state index contributed by atoms with van der Waals surface area (Å²) < 4.78 is 39.0. The molecule has 0 N–H and O–H groups in total. The van der Waals surface area contributed by atoms with E-state index >= 15 is 0 Å². The second kappa shape index (κ2) is 5.39. The second-order valence-electron chi connectivity index (χ2n) is 4.97. The molecule has 0 saturated carbocycles. The normalized spacial score (nSPS) is 11.6. The molecule has 0 amide bonds. The van der Waals surface area contributed by atoms with Gasteiger partial charge in [-0.25, -0.2) is 0 Å². The molecule has 0 saturated heterocycles. The molecule has 0 unspecified atom stereocenters. The van der Waals surface area contributed by atoms with Crippen molar-refractivity contribution in [1.29, 1.82) is 0 Å². The number of hydrogen-bond donors (Lipinski definition) is 0. The number of aromatic nitrogens is 1. The number of hydrogen-bond acceptors (Lipinski definition) is 2. The summed E-state index contributed by atoms with van der Waals surface area (Å²) in [7, 11) is 0. The van der Waals surface area contributed by atoms with Crippen molar-refractivity contribution in [3.8, 4) is 0 Å². The van der Waals surface area contributed by atoms with Crippen molar-refractivity contribution < 1.29 is 22.8 Å². The van der Waals surface area contributed by atoms with Crippen LogP contribution in [0.3, 0.4) is 0 Å². The number of nitrogens with zero attached hydrogens (tertiary/aromatic N) is 1. The van der Waals surface area contributed by atoms with Crippen molar-refractivity contribution in [3.63, 3.8) is 0 Å². The molecule has 0 bridgehead atoms. The van der Waals surface area contributed by atoms with Crippen LogP contribution >= 0.6 is 0 Å². The van der Waals surface area contributed by atoms with E-state index in [0.29, 0.717) is 22.8 Å². The highest BCUT2D eigenvalue weighted by atomic mass is 19.4. The second-order valence-corrected chi connectivity index (χ2v) is 4.97. The molecule has 0 aliphatic rings. The van der Waals surface area contributed by atoms with Crippen LogP contribution in [0.5, 0.6) is 0 Å². The molecule has 23 heavy (non-hydrogen) atoms. The van der Waals surface area contributed by atoms with Crippen LogP contribution in [-0.2, 0) is 6.18 Å². The highest BCUT2D eigenvalue weighted by Gasteiger charge is 2.30. The van der Waals surface area contributed by atoms with Crippen molar-refractivity contribution in [2.75, 3.05) is 0 Å². The Bertz CT molecular complexity index is 892. The van der Waals surface area contributed by atoms with Crippen LogP contribution in [0, 0.1) is 0 Å². The highest BCUT2D eigenvalue weighted by Crippen LogP contribution is 2.29. The number of halogens is 3. The zero-order valence-corrected chi connectivity index (χ0v) is 11.7. The Balaban J connectivity index is 2.06. The molecule has 6 heteroatoms. The number of para-hydroxylation sites is 1. The van der Waals surface area contributed by atoms with E-state index in [-0.39, 0.29) is 5.56 Å². The van der Waals surface area contributed by atoms with Crippen molar-refractivity contribution in [2.45, 2.75) is 6.18 Å². The van der Waals surface area contributed by atoms with Crippen molar-refractivity contribution in [2.24, 2.45) is 0 Å². The molecule has 0 atom stereocenters. The lowest BCUT2D eigenvalue weighted by atomic mass is 10.1. The Labute approximate surface area is 129 Å². The maximum Gasteiger partial charge on any atom is 0.416 e. The van der Waals surface area contributed by atoms with Crippen molar-refractivity contribution >= 4 is 23.1 Å². The molecule has 3 rings (SSSR count). The molecule has 0 aliphatic carbocycles. The number of fused-ring (bicyclic) bond motifs is 1. The monoisotopic (exact) mass is 317 g/mol. The first kappa shape index (κ1) is 15.0. The SMILES string of the molecule is O=Cc1cn(C(=O)c2ccc(C(F)(F)F)cc2)c2ccccc12. The largest absolute Gasteiger partial charge is 0.416 e. The molecular formula is C17H10F3NO2. The summed E-state index contributed by atoms with van der Waals surface area (Å²) >= 11 is 0. The number of benzene rings is 2. The van der Waals surface area contributed by atoms with Crippen LogP contribution in [-0.4, -0.2) is 16.8 Å². The Morgan fingerprint density at radius 2 is 1.65 bits per heavy atom. The maximum atomic E-state index is 12.6. The minimum atomic E-state index is -4.45. The van der Waals surface area contributed by atoms with Gasteiger partial charge < -0.3 is 0 Å². The smallest absolute Gasteiger partial charge is 0.298 e. The predicted octanol–water partition coefficient (Wildman–Crippen LogP) is 4.16. The Hall–Kier alpha value is -2.89. The zero-order valence-electron chi connectivity index (χ0n) is 11.7. The Kier molecular flexibility index (Phi) is 3.52. The third kappa shape index (κ3) is 2.63. The molecule has 0 aliphatic heterocycles. The molecule has 2 aromatic carbocycles. The van der Waals surface area contributed by atoms with Gasteiger partial charge in [-0.05, 0) is 30.3 Å². The van der Waals surface area contributed by atoms with Crippen LogP contribution in [0.1, 0.15) is 26.3 Å². The van der Waals surface area contributed by atoms with Crippen LogP contribution in [0.2, 0.25) is 0 Å². The first-order valence-corrected chi connectivity index (χ1v) is 6.69. The van der Waals surface area contributed by atoms with Gasteiger partial charge in [-0.3, -0.25) is 14.2 Å². The summed E-state index contributed by atoms with van der Waals surface area (Å²) in [5.74, 6) is -0.497. The predicted molar refractivity (Wildman–Crippen MR) is 78.5 cm³/mol. The van der Waals surface area contributed by atoms with Crippen molar-refractivity contribution in [1.82, 2.24) is 4.57 Å². The van der Waals surface area contributed by atoms with E-state index < -0.39 is 17.6 Å². The van der Waals surface area contributed by atoms with Crippen LogP contribution < -0.4 is 0 Å². The average molecular weight is 317 g/mol. The van der Waals surface area contributed by atoms with Crippen molar-refractivity contribution in [3.05, 3.63) is 71.4 Å². The van der Waals surface area contributed by atoms with E-state index in [4.69, 9.17) is 0 Å². The molecule has 0 radical (unpaired) electrons. The van der Waals surface area contributed by atoms with Gasteiger partial charge in [-0.15, -0.1) is 0 Å². The summed E-state index contributed by atoms with van der Waals surface area (Å²) in [6.07, 6.45) is -2.43. The highest BCUT2D eigenvalue weighted by molar-refractivity contribution is 6.06. The van der Waals surface area contributed by atoms with E-state index in [0.717, 1.165) is 24.3 Å². The molecule has 3 nitrogen and oxygen atoms in total. The van der Waals surface area contributed by atoms with Gasteiger partial charge in [0, 0.05) is 22.7 Å². The molecule has 1 heterocycles. The number of rotatable bonds is 2. The third-order valence-corrected chi connectivity index (χ3v) is 3.55. The van der Waals surface area contributed by atoms with Crippen LogP contribution in [0.4, 0.5) is 13.2 Å². The average Bonchev–Trinajstić information content (AvgIpc) is 2.92. The summed E-state index contributed by atoms with van der Waals surface area (Å²) in [6.45, 7) is 0. The molecule has 3 aromatic rings. The number of carbonyl (C=O) groups excluding carboxylic acids is 2.